The van der Waals surface area contributed by atoms with E-state index in [0.29, 0.717) is 39.5 Å². The number of aryl methyl sites for hydroxylation is 1. The molecule has 3 rings (SSSR count). The van der Waals surface area contributed by atoms with Crippen LogP contribution in [0.1, 0.15) is 48.6 Å². The van der Waals surface area contributed by atoms with Gasteiger partial charge in [-0.15, -0.1) is 10.2 Å². The predicted molar refractivity (Wildman–Crippen MR) is 139 cm³/mol. The van der Waals surface area contributed by atoms with Crippen LogP contribution >= 0.6 is 23.4 Å². The summed E-state index contributed by atoms with van der Waals surface area (Å²) in [4.78, 5) is 25.4. The van der Waals surface area contributed by atoms with Gasteiger partial charge in [-0.05, 0) is 61.7 Å². The number of carbonyl (C=O) groups is 2. The maximum Gasteiger partial charge on any atom is 0.251 e. The van der Waals surface area contributed by atoms with Crippen LogP contribution in [-0.4, -0.2) is 39.4 Å². The van der Waals surface area contributed by atoms with Crippen molar-refractivity contribution in [2.75, 3.05) is 18.2 Å². The van der Waals surface area contributed by atoms with Crippen molar-refractivity contribution in [3.63, 3.8) is 0 Å². The second kappa shape index (κ2) is 12.1. The SMILES string of the molecule is CCn1c(SCC(=O)Nc2ccc(C)c(Cl)c2)nnc1[C@@H](NC(=O)c1ccc(OC)cc1)C(C)C. The Morgan fingerprint density at radius 1 is 1.14 bits per heavy atom. The predicted octanol–water partition coefficient (Wildman–Crippen LogP) is 5.13. The second-order valence-corrected chi connectivity index (χ2v) is 9.66. The minimum atomic E-state index is -0.352. The second-order valence-electron chi connectivity index (χ2n) is 8.31. The van der Waals surface area contributed by atoms with Crippen molar-refractivity contribution >= 4 is 40.9 Å². The molecule has 8 nitrogen and oxygen atoms in total. The van der Waals surface area contributed by atoms with Crippen molar-refractivity contribution < 1.29 is 14.3 Å². The fourth-order valence-corrected chi connectivity index (χ4v) is 4.42. The van der Waals surface area contributed by atoms with E-state index in [4.69, 9.17) is 16.3 Å². The molecule has 0 fully saturated rings. The molecule has 0 aliphatic rings. The van der Waals surface area contributed by atoms with Crippen molar-refractivity contribution in [1.29, 1.82) is 0 Å². The number of nitrogens with one attached hydrogen (secondary N) is 2. The third kappa shape index (κ3) is 6.76. The molecular weight excluding hydrogens is 486 g/mol. The average molecular weight is 516 g/mol. The van der Waals surface area contributed by atoms with Crippen LogP contribution in [0.25, 0.3) is 0 Å². The number of nitrogens with zero attached hydrogens (tertiary/aromatic N) is 3. The van der Waals surface area contributed by atoms with Gasteiger partial charge >= 0.3 is 0 Å². The molecule has 3 aromatic rings. The molecule has 1 aromatic heterocycles. The number of hydrogen-bond acceptors (Lipinski definition) is 6. The maximum absolute atomic E-state index is 12.9. The normalized spacial score (nSPS) is 11.9. The summed E-state index contributed by atoms with van der Waals surface area (Å²) >= 11 is 7.44. The van der Waals surface area contributed by atoms with Crippen molar-refractivity contribution in [3.05, 3.63) is 64.4 Å². The number of halogens is 1. The fraction of sp³-hybridized carbons (Fsp3) is 0.360. The number of rotatable bonds is 10. The molecule has 0 bridgehead atoms. The first-order chi connectivity index (χ1) is 16.7. The molecule has 0 radical (unpaired) electrons. The summed E-state index contributed by atoms with van der Waals surface area (Å²) in [7, 11) is 1.58. The van der Waals surface area contributed by atoms with Crippen LogP contribution < -0.4 is 15.4 Å². The Kier molecular flexibility index (Phi) is 9.17. The first-order valence-corrected chi connectivity index (χ1v) is 12.7. The Labute approximate surface area is 214 Å². The zero-order chi connectivity index (χ0) is 25.5. The van der Waals surface area contributed by atoms with Crippen LogP contribution in [0.2, 0.25) is 5.02 Å². The largest absolute Gasteiger partial charge is 0.497 e. The van der Waals surface area contributed by atoms with Gasteiger partial charge in [0, 0.05) is 22.8 Å². The van der Waals surface area contributed by atoms with Crippen molar-refractivity contribution in [2.45, 2.75) is 45.4 Å². The van der Waals surface area contributed by atoms with Crippen LogP contribution in [0.15, 0.2) is 47.6 Å². The van der Waals surface area contributed by atoms with Crippen molar-refractivity contribution in [3.8, 4) is 5.75 Å². The summed E-state index contributed by atoms with van der Waals surface area (Å²) < 4.78 is 7.09. The number of carbonyl (C=O) groups excluding carboxylic acids is 2. The number of methoxy groups -OCH3 is 1. The molecular formula is C25H30ClN5O3S. The van der Waals surface area contributed by atoms with Gasteiger partial charge in [0.25, 0.3) is 5.91 Å². The highest BCUT2D eigenvalue weighted by Gasteiger charge is 2.26. The van der Waals surface area contributed by atoms with Crippen LogP contribution in [0, 0.1) is 12.8 Å². The Morgan fingerprint density at radius 3 is 2.46 bits per heavy atom. The van der Waals surface area contributed by atoms with Crippen LogP contribution in [0.5, 0.6) is 5.75 Å². The molecule has 2 N–H and O–H groups in total. The van der Waals surface area contributed by atoms with Gasteiger partial charge in [0.05, 0.1) is 18.9 Å². The third-order valence-corrected chi connectivity index (χ3v) is 6.81. The molecule has 0 spiro atoms. The van der Waals surface area contributed by atoms with E-state index >= 15 is 0 Å². The number of hydrogen-bond donors (Lipinski definition) is 2. The summed E-state index contributed by atoms with van der Waals surface area (Å²) in [6.07, 6.45) is 0. The van der Waals surface area contributed by atoms with E-state index in [1.165, 1.54) is 11.8 Å². The van der Waals surface area contributed by atoms with E-state index in [0.717, 1.165) is 5.56 Å². The van der Waals surface area contributed by atoms with Crippen molar-refractivity contribution in [1.82, 2.24) is 20.1 Å². The molecule has 2 amide bonds. The first kappa shape index (κ1) is 26.6. The number of benzene rings is 2. The van der Waals surface area contributed by atoms with Crippen LogP contribution in [0.3, 0.4) is 0 Å². The van der Waals surface area contributed by atoms with Gasteiger partial charge in [-0.3, -0.25) is 9.59 Å². The molecule has 0 saturated carbocycles. The van der Waals surface area contributed by atoms with Gasteiger partial charge in [-0.25, -0.2) is 0 Å². The molecule has 0 saturated heterocycles. The molecule has 0 unspecified atom stereocenters. The van der Waals surface area contributed by atoms with E-state index in [9.17, 15) is 9.59 Å². The van der Waals surface area contributed by atoms with Gasteiger partial charge in [0.1, 0.15) is 5.75 Å². The van der Waals surface area contributed by atoms with Gasteiger partial charge in [0.15, 0.2) is 11.0 Å². The quantitative estimate of drug-likeness (QED) is 0.363. The van der Waals surface area contributed by atoms with Gasteiger partial charge in [-0.2, -0.15) is 0 Å². The Bertz CT molecular complexity index is 1180. The lowest BCUT2D eigenvalue weighted by molar-refractivity contribution is -0.113. The molecule has 0 aliphatic carbocycles. The van der Waals surface area contributed by atoms with Gasteiger partial charge in [0.2, 0.25) is 5.91 Å². The Morgan fingerprint density at radius 2 is 1.86 bits per heavy atom. The zero-order valence-corrected chi connectivity index (χ0v) is 22.0. The molecule has 35 heavy (non-hydrogen) atoms. The summed E-state index contributed by atoms with van der Waals surface area (Å²) in [5.41, 5.74) is 2.12. The van der Waals surface area contributed by atoms with E-state index in [2.05, 4.69) is 20.8 Å². The number of ether oxygens (including phenoxy) is 1. The molecule has 2 aromatic carbocycles. The van der Waals surface area contributed by atoms with Crippen LogP contribution in [-0.2, 0) is 11.3 Å². The lowest BCUT2D eigenvalue weighted by Gasteiger charge is -2.22. The summed E-state index contributed by atoms with van der Waals surface area (Å²) in [6.45, 7) is 8.51. The topological polar surface area (TPSA) is 98.1 Å². The number of aromatic nitrogens is 3. The molecule has 186 valence electrons. The summed E-state index contributed by atoms with van der Waals surface area (Å²) in [6, 6.07) is 12.0. The zero-order valence-electron chi connectivity index (χ0n) is 20.5. The van der Waals surface area contributed by atoms with Gasteiger partial charge < -0.3 is 19.9 Å². The maximum atomic E-state index is 12.9. The monoisotopic (exact) mass is 515 g/mol. The van der Waals surface area contributed by atoms with Crippen LogP contribution in [0.4, 0.5) is 5.69 Å². The highest BCUT2D eigenvalue weighted by atomic mass is 35.5. The smallest absolute Gasteiger partial charge is 0.251 e. The standard InChI is InChI=1S/C25H30ClN5O3S/c1-6-31-23(22(15(2)3)28-24(33)17-8-11-19(34-5)12-9-17)29-30-25(31)35-14-21(32)27-18-10-7-16(4)20(26)13-18/h7-13,15,22H,6,14H2,1-5H3,(H,27,32)(H,28,33)/t22-/m0/s1. The minimum absolute atomic E-state index is 0.0686. The van der Waals surface area contributed by atoms with E-state index in [-0.39, 0.29) is 29.5 Å². The Balaban J connectivity index is 1.70. The first-order valence-electron chi connectivity index (χ1n) is 11.3. The molecule has 10 heteroatoms. The lowest BCUT2D eigenvalue weighted by Crippen LogP contribution is -2.33. The highest BCUT2D eigenvalue weighted by Crippen LogP contribution is 2.26. The lowest BCUT2D eigenvalue weighted by atomic mass is 10.0. The average Bonchev–Trinajstić information content (AvgIpc) is 3.25. The van der Waals surface area contributed by atoms with E-state index in [1.54, 1.807) is 37.4 Å². The van der Waals surface area contributed by atoms with Gasteiger partial charge in [-0.1, -0.05) is 43.3 Å². The molecule has 1 heterocycles. The van der Waals surface area contributed by atoms with Crippen molar-refractivity contribution in [2.24, 2.45) is 5.92 Å². The number of anilines is 1. The van der Waals surface area contributed by atoms with E-state index < -0.39 is 0 Å². The Hall–Kier alpha value is -3.04. The molecule has 0 aliphatic heterocycles. The number of thioether (sulfide) groups is 1. The number of amides is 2. The fourth-order valence-electron chi connectivity index (χ4n) is 3.43. The van der Waals surface area contributed by atoms with E-state index in [1.807, 2.05) is 44.4 Å². The third-order valence-electron chi connectivity index (χ3n) is 5.43. The molecule has 1 atom stereocenters. The minimum Gasteiger partial charge on any atom is -0.497 e. The summed E-state index contributed by atoms with van der Waals surface area (Å²) in [5.74, 6) is 1.19. The summed E-state index contributed by atoms with van der Waals surface area (Å²) in [5, 5.41) is 15.8. The highest BCUT2D eigenvalue weighted by molar-refractivity contribution is 7.99.